The average Bonchev–Trinajstić information content (AvgIpc) is 3.03. The number of allylic oxidation sites excluding steroid dienone is 1. The van der Waals surface area contributed by atoms with Crippen LogP contribution in [0.5, 0.6) is 0 Å². The van der Waals surface area contributed by atoms with E-state index >= 15 is 0 Å². The summed E-state index contributed by atoms with van der Waals surface area (Å²) >= 11 is 0. The molecule has 4 rings (SSSR count). The minimum Gasteiger partial charge on any atom is -0.393 e. The highest BCUT2D eigenvalue weighted by Gasteiger charge is 2.59. The topological polar surface area (TPSA) is 46.2 Å². The van der Waals surface area contributed by atoms with Crippen LogP contribution < -0.4 is 5.73 Å². The number of nitrogens with two attached hydrogens (primary N) is 1. The SMILES string of the molecule is CC(C)CCC(N)[C@@H](C)[C@H]1CC[C@H]2[C@@H]3CC=C4CC(O)CC[C@]4(C)[C@H]3CC[C@]12C. The summed E-state index contributed by atoms with van der Waals surface area (Å²) in [7, 11) is 0. The Labute approximate surface area is 180 Å². The van der Waals surface area contributed by atoms with Crippen molar-refractivity contribution in [3.63, 3.8) is 0 Å². The zero-order valence-electron chi connectivity index (χ0n) is 19.8. The van der Waals surface area contributed by atoms with Crippen LogP contribution in [0.15, 0.2) is 11.6 Å². The van der Waals surface area contributed by atoms with Gasteiger partial charge in [0, 0.05) is 6.04 Å². The maximum Gasteiger partial charge on any atom is 0.0577 e. The van der Waals surface area contributed by atoms with Gasteiger partial charge in [0.2, 0.25) is 0 Å². The predicted octanol–water partition coefficient (Wildman–Crippen LogP) is 6.33. The summed E-state index contributed by atoms with van der Waals surface area (Å²) in [5.41, 5.74) is 9.20. The molecule has 166 valence electrons. The van der Waals surface area contributed by atoms with Crippen molar-refractivity contribution in [1.82, 2.24) is 0 Å². The number of aliphatic hydroxyl groups is 1. The largest absolute Gasteiger partial charge is 0.393 e. The highest BCUT2D eigenvalue weighted by atomic mass is 16.3. The third-order valence-electron chi connectivity index (χ3n) is 10.5. The summed E-state index contributed by atoms with van der Waals surface area (Å²) in [5.74, 6) is 4.80. The summed E-state index contributed by atoms with van der Waals surface area (Å²) in [6.07, 6.45) is 14.9. The van der Waals surface area contributed by atoms with E-state index in [0.29, 0.717) is 22.8 Å². The molecular weight excluding hydrogens is 354 g/mol. The van der Waals surface area contributed by atoms with Gasteiger partial charge in [0.05, 0.1) is 6.10 Å². The summed E-state index contributed by atoms with van der Waals surface area (Å²) in [5, 5.41) is 10.2. The predicted molar refractivity (Wildman–Crippen MR) is 122 cm³/mol. The van der Waals surface area contributed by atoms with Crippen LogP contribution in [0, 0.1) is 46.3 Å². The highest BCUT2D eigenvalue weighted by molar-refractivity contribution is 5.25. The van der Waals surface area contributed by atoms with Crippen molar-refractivity contribution in [2.75, 3.05) is 0 Å². The van der Waals surface area contributed by atoms with Gasteiger partial charge in [-0.2, -0.15) is 0 Å². The number of fused-ring (bicyclic) bond motifs is 5. The number of hydrogen-bond donors (Lipinski definition) is 2. The molecule has 0 aromatic rings. The highest BCUT2D eigenvalue weighted by Crippen LogP contribution is 2.67. The summed E-state index contributed by atoms with van der Waals surface area (Å²) in [4.78, 5) is 0. The molecular formula is C27H47NO. The Balaban J connectivity index is 1.51. The van der Waals surface area contributed by atoms with Gasteiger partial charge in [-0.25, -0.2) is 0 Å². The van der Waals surface area contributed by atoms with Crippen LogP contribution in [0.2, 0.25) is 0 Å². The average molecular weight is 402 g/mol. The van der Waals surface area contributed by atoms with Gasteiger partial charge in [-0.3, -0.25) is 0 Å². The summed E-state index contributed by atoms with van der Waals surface area (Å²) < 4.78 is 0. The first-order chi connectivity index (χ1) is 13.7. The molecule has 2 unspecified atom stereocenters. The molecule has 4 aliphatic rings. The molecule has 0 aliphatic heterocycles. The first-order valence-electron chi connectivity index (χ1n) is 12.8. The van der Waals surface area contributed by atoms with Crippen molar-refractivity contribution in [1.29, 1.82) is 0 Å². The summed E-state index contributed by atoms with van der Waals surface area (Å²) in [6, 6.07) is 0.367. The fourth-order valence-electron chi connectivity index (χ4n) is 8.63. The van der Waals surface area contributed by atoms with Crippen molar-refractivity contribution in [2.24, 2.45) is 52.1 Å². The lowest BCUT2D eigenvalue weighted by atomic mass is 9.47. The molecule has 3 saturated carbocycles. The van der Waals surface area contributed by atoms with Gasteiger partial charge in [-0.15, -0.1) is 0 Å². The molecule has 0 amide bonds. The zero-order chi connectivity index (χ0) is 21.0. The second-order valence-corrected chi connectivity index (χ2v) is 12.4. The lowest BCUT2D eigenvalue weighted by Gasteiger charge is -2.58. The van der Waals surface area contributed by atoms with E-state index in [2.05, 4.69) is 40.7 Å². The van der Waals surface area contributed by atoms with Crippen LogP contribution in [0.25, 0.3) is 0 Å². The number of hydrogen-bond acceptors (Lipinski definition) is 2. The van der Waals surface area contributed by atoms with E-state index in [4.69, 9.17) is 5.73 Å². The van der Waals surface area contributed by atoms with E-state index in [1.54, 1.807) is 5.57 Å². The molecule has 3 fully saturated rings. The molecule has 0 aromatic carbocycles. The van der Waals surface area contributed by atoms with Crippen molar-refractivity contribution in [3.05, 3.63) is 11.6 Å². The third kappa shape index (κ3) is 3.65. The van der Waals surface area contributed by atoms with E-state index in [1.165, 1.54) is 51.4 Å². The normalized spacial score (nSPS) is 46.5. The van der Waals surface area contributed by atoms with Gasteiger partial charge in [-0.1, -0.05) is 46.3 Å². The minimum atomic E-state index is -0.0937. The molecule has 0 radical (unpaired) electrons. The second kappa shape index (κ2) is 7.97. The number of aliphatic hydroxyl groups excluding tert-OH is 1. The Bertz CT molecular complexity index is 626. The van der Waals surface area contributed by atoms with Crippen LogP contribution in [-0.4, -0.2) is 17.3 Å². The van der Waals surface area contributed by atoms with Crippen LogP contribution in [0.4, 0.5) is 0 Å². The molecule has 0 saturated heterocycles. The van der Waals surface area contributed by atoms with E-state index in [0.717, 1.165) is 42.4 Å². The van der Waals surface area contributed by atoms with Crippen LogP contribution in [0.1, 0.15) is 98.8 Å². The lowest BCUT2D eigenvalue weighted by Crippen LogP contribution is -2.51. The molecule has 0 bridgehead atoms. The molecule has 0 spiro atoms. The molecule has 0 heterocycles. The Hall–Kier alpha value is -0.340. The molecule has 29 heavy (non-hydrogen) atoms. The number of rotatable bonds is 5. The lowest BCUT2D eigenvalue weighted by molar-refractivity contribution is -0.0584. The Kier molecular flexibility index (Phi) is 6.01. The van der Waals surface area contributed by atoms with Gasteiger partial charge in [0.15, 0.2) is 0 Å². The maximum absolute atomic E-state index is 10.2. The van der Waals surface area contributed by atoms with E-state index in [-0.39, 0.29) is 6.10 Å². The van der Waals surface area contributed by atoms with Gasteiger partial charge in [0.1, 0.15) is 0 Å². The van der Waals surface area contributed by atoms with Gasteiger partial charge >= 0.3 is 0 Å². The first-order valence-corrected chi connectivity index (χ1v) is 12.8. The Morgan fingerprint density at radius 1 is 1.03 bits per heavy atom. The standard InChI is InChI=1S/C27H47NO/c1-17(2)6-11-25(28)18(3)22-9-10-23-21-8-7-19-16-20(29)12-14-26(19,4)24(21)13-15-27(22,23)5/h7,17-18,20-25,29H,6,8-16,28H2,1-5H3/t18-,20?,21-,22+,23-,24-,25?,26-,27+/m0/s1. The molecule has 2 nitrogen and oxygen atoms in total. The minimum absolute atomic E-state index is 0.0937. The van der Waals surface area contributed by atoms with E-state index < -0.39 is 0 Å². The molecule has 2 heteroatoms. The van der Waals surface area contributed by atoms with E-state index in [9.17, 15) is 5.11 Å². The van der Waals surface area contributed by atoms with Gasteiger partial charge in [0.25, 0.3) is 0 Å². The Morgan fingerprint density at radius 2 is 1.79 bits per heavy atom. The maximum atomic E-state index is 10.2. The molecule has 4 aliphatic carbocycles. The van der Waals surface area contributed by atoms with Crippen molar-refractivity contribution >= 4 is 0 Å². The van der Waals surface area contributed by atoms with Gasteiger partial charge < -0.3 is 10.8 Å². The van der Waals surface area contributed by atoms with Crippen LogP contribution in [0.3, 0.4) is 0 Å². The van der Waals surface area contributed by atoms with E-state index in [1.807, 2.05) is 0 Å². The zero-order valence-corrected chi connectivity index (χ0v) is 19.8. The Morgan fingerprint density at radius 3 is 2.52 bits per heavy atom. The fourth-order valence-corrected chi connectivity index (χ4v) is 8.63. The smallest absolute Gasteiger partial charge is 0.0577 e. The third-order valence-corrected chi connectivity index (χ3v) is 10.5. The fraction of sp³-hybridized carbons (Fsp3) is 0.926. The molecule has 3 N–H and O–H groups in total. The van der Waals surface area contributed by atoms with Crippen LogP contribution >= 0.6 is 0 Å². The first kappa shape index (κ1) is 21.9. The van der Waals surface area contributed by atoms with Gasteiger partial charge in [-0.05, 0) is 111 Å². The quantitative estimate of drug-likeness (QED) is 0.529. The molecule has 9 atom stereocenters. The van der Waals surface area contributed by atoms with Crippen molar-refractivity contribution in [2.45, 2.75) is 111 Å². The van der Waals surface area contributed by atoms with Crippen LogP contribution in [-0.2, 0) is 0 Å². The molecule has 0 aromatic heterocycles. The summed E-state index contributed by atoms with van der Waals surface area (Å²) in [6.45, 7) is 12.3. The van der Waals surface area contributed by atoms with Crippen molar-refractivity contribution in [3.8, 4) is 0 Å². The second-order valence-electron chi connectivity index (χ2n) is 12.4. The van der Waals surface area contributed by atoms with Crippen molar-refractivity contribution < 1.29 is 5.11 Å². The monoisotopic (exact) mass is 401 g/mol.